The first-order valence-corrected chi connectivity index (χ1v) is 7.07. The molecule has 0 radical (unpaired) electrons. The molecule has 0 N–H and O–H groups in total. The maximum absolute atomic E-state index is 13.1. The Kier molecular flexibility index (Phi) is 11.4. The van der Waals surface area contributed by atoms with E-state index in [1.165, 1.54) is 0 Å². The van der Waals surface area contributed by atoms with Crippen molar-refractivity contribution in [3.8, 4) is 0 Å². The van der Waals surface area contributed by atoms with Crippen LogP contribution in [0.15, 0.2) is 0 Å². The molecule has 0 rings (SSSR count). The van der Waals surface area contributed by atoms with Gasteiger partial charge in [0.05, 0.1) is 15.9 Å². The van der Waals surface area contributed by atoms with Crippen LogP contribution in [0.1, 0.15) is 0 Å². The standard InChI is InChI=1S/C9H11F9O3S.Na/c10-2(1-22(19,20)21)3(11)4(12)5(13)6(14)7(15)8(16)9(17)18;/h2-9H,1H2,(H,19,20,21);/q;+1/p-1. The van der Waals surface area contributed by atoms with Crippen LogP contribution in [0.5, 0.6) is 0 Å². The molecule has 7 atom stereocenters. The number of hydrogen-bond donors (Lipinski definition) is 0. The molecule has 0 aliphatic carbocycles. The minimum absolute atomic E-state index is 0. The third kappa shape index (κ3) is 8.27. The van der Waals surface area contributed by atoms with Gasteiger partial charge in [-0.15, -0.1) is 0 Å². The molecule has 14 heteroatoms. The molecule has 0 aliphatic heterocycles. The van der Waals surface area contributed by atoms with Crippen LogP contribution in [0, 0.1) is 0 Å². The van der Waals surface area contributed by atoms with Gasteiger partial charge in [-0.05, 0) is 0 Å². The van der Waals surface area contributed by atoms with Gasteiger partial charge in [0.2, 0.25) is 0 Å². The van der Waals surface area contributed by atoms with Crippen LogP contribution in [0.4, 0.5) is 39.5 Å². The molecular formula is C9H10F9NaO3S. The van der Waals surface area contributed by atoms with Crippen molar-refractivity contribution in [1.29, 1.82) is 0 Å². The minimum atomic E-state index is -5.37. The largest absolute Gasteiger partial charge is 1.00 e. The number of halogens is 9. The first-order valence-electron chi connectivity index (χ1n) is 5.49. The van der Waals surface area contributed by atoms with Crippen molar-refractivity contribution < 1.29 is 82.0 Å². The van der Waals surface area contributed by atoms with Crippen molar-refractivity contribution in [1.82, 2.24) is 0 Å². The van der Waals surface area contributed by atoms with Gasteiger partial charge in [0.1, 0.15) is 6.17 Å². The van der Waals surface area contributed by atoms with Gasteiger partial charge in [-0.3, -0.25) is 0 Å². The molecule has 7 unspecified atom stereocenters. The molecule has 0 spiro atoms. The summed E-state index contributed by atoms with van der Waals surface area (Å²) in [4.78, 5) is 0. The van der Waals surface area contributed by atoms with Gasteiger partial charge in [-0.1, -0.05) is 0 Å². The van der Waals surface area contributed by atoms with Crippen molar-refractivity contribution in [2.24, 2.45) is 0 Å². The molecule has 0 heterocycles. The van der Waals surface area contributed by atoms with E-state index in [1.54, 1.807) is 0 Å². The second-order valence-electron chi connectivity index (χ2n) is 4.24. The molecule has 0 saturated carbocycles. The SMILES string of the molecule is O=S(=O)([O-])CC(F)C(F)C(F)C(F)C(F)C(F)C(F)C(F)F.[Na+]. The first-order chi connectivity index (χ1) is 9.79. The summed E-state index contributed by atoms with van der Waals surface area (Å²) in [5.74, 6) is -2.11. The summed E-state index contributed by atoms with van der Waals surface area (Å²) in [6, 6.07) is 0. The average molecular weight is 392 g/mol. The molecule has 134 valence electrons. The van der Waals surface area contributed by atoms with E-state index in [0.29, 0.717) is 0 Å². The van der Waals surface area contributed by atoms with Gasteiger partial charge in [0, 0.05) is 0 Å². The van der Waals surface area contributed by atoms with Gasteiger partial charge in [0.15, 0.2) is 37.0 Å². The molecule has 23 heavy (non-hydrogen) atoms. The monoisotopic (exact) mass is 392 g/mol. The topological polar surface area (TPSA) is 57.2 Å². The Hall–Kier alpha value is 0.280. The van der Waals surface area contributed by atoms with Crippen molar-refractivity contribution in [3.63, 3.8) is 0 Å². The smallest absolute Gasteiger partial charge is 0.748 e. The van der Waals surface area contributed by atoms with Crippen LogP contribution in [0.25, 0.3) is 0 Å². The van der Waals surface area contributed by atoms with Crippen LogP contribution >= 0.6 is 0 Å². The van der Waals surface area contributed by atoms with Crippen molar-refractivity contribution in [3.05, 3.63) is 0 Å². The van der Waals surface area contributed by atoms with Crippen LogP contribution in [0.2, 0.25) is 0 Å². The zero-order chi connectivity index (χ0) is 17.8. The van der Waals surface area contributed by atoms with Gasteiger partial charge >= 0.3 is 29.6 Å². The summed E-state index contributed by atoms with van der Waals surface area (Å²) in [5, 5.41) is 0. The molecular weight excluding hydrogens is 382 g/mol. The maximum Gasteiger partial charge on any atom is 1.00 e. The predicted molar refractivity (Wildman–Crippen MR) is 54.8 cm³/mol. The van der Waals surface area contributed by atoms with Crippen LogP contribution in [-0.4, -0.2) is 68.4 Å². The zero-order valence-corrected chi connectivity index (χ0v) is 14.2. The van der Waals surface area contributed by atoms with Crippen molar-refractivity contribution >= 4 is 10.1 Å². The van der Waals surface area contributed by atoms with E-state index in [9.17, 15) is 52.5 Å². The third-order valence-corrected chi connectivity index (χ3v) is 3.20. The van der Waals surface area contributed by atoms with E-state index >= 15 is 0 Å². The summed E-state index contributed by atoms with van der Waals surface area (Å²) in [6.45, 7) is 0. The number of alkyl halides is 9. The second kappa shape index (κ2) is 10.3. The van der Waals surface area contributed by atoms with E-state index in [4.69, 9.17) is 0 Å². The fourth-order valence-electron chi connectivity index (χ4n) is 1.33. The Labute approximate surface area is 147 Å². The van der Waals surface area contributed by atoms with Crippen molar-refractivity contribution in [2.45, 2.75) is 49.6 Å². The number of rotatable bonds is 9. The van der Waals surface area contributed by atoms with Gasteiger partial charge in [-0.25, -0.2) is 47.9 Å². The van der Waals surface area contributed by atoms with Gasteiger partial charge in [-0.2, -0.15) is 0 Å². The Morgan fingerprint density at radius 3 is 1.26 bits per heavy atom. The number of hydrogen-bond acceptors (Lipinski definition) is 3. The van der Waals surface area contributed by atoms with E-state index < -0.39 is 65.5 Å². The molecule has 0 aromatic rings. The van der Waals surface area contributed by atoms with E-state index in [1.807, 2.05) is 0 Å². The van der Waals surface area contributed by atoms with E-state index in [0.717, 1.165) is 0 Å². The molecule has 0 aromatic carbocycles. The van der Waals surface area contributed by atoms with Crippen LogP contribution in [-0.2, 0) is 10.1 Å². The molecule has 0 bridgehead atoms. The summed E-state index contributed by atoms with van der Waals surface area (Å²) in [6.07, 6.45) is -30.5. The minimum Gasteiger partial charge on any atom is -0.748 e. The first kappa shape index (κ1) is 25.5. The Balaban J connectivity index is 0. The van der Waals surface area contributed by atoms with Gasteiger partial charge < -0.3 is 4.55 Å². The van der Waals surface area contributed by atoms with E-state index in [-0.39, 0.29) is 29.6 Å². The zero-order valence-electron chi connectivity index (χ0n) is 11.4. The maximum atomic E-state index is 13.1. The van der Waals surface area contributed by atoms with E-state index in [2.05, 4.69) is 0 Å². The second-order valence-corrected chi connectivity index (χ2v) is 5.69. The molecule has 0 aromatic heterocycles. The third-order valence-electron chi connectivity index (χ3n) is 2.47. The average Bonchev–Trinajstić information content (AvgIpc) is 2.40. The summed E-state index contributed by atoms with van der Waals surface area (Å²) >= 11 is 0. The summed E-state index contributed by atoms with van der Waals surface area (Å²) < 4.78 is 144. The Morgan fingerprint density at radius 2 is 0.957 bits per heavy atom. The van der Waals surface area contributed by atoms with Crippen molar-refractivity contribution in [2.75, 3.05) is 5.75 Å². The quantitative estimate of drug-likeness (QED) is 0.293. The fourth-order valence-corrected chi connectivity index (χ4v) is 1.90. The Bertz CT molecular complexity index is 440. The molecule has 0 aliphatic rings. The van der Waals surface area contributed by atoms with Gasteiger partial charge in [0.25, 0.3) is 6.43 Å². The molecule has 3 nitrogen and oxygen atoms in total. The Morgan fingerprint density at radius 1 is 0.652 bits per heavy atom. The molecule has 0 saturated heterocycles. The predicted octanol–water partition coefficient (Wildman–Crippen LogP) is -0.833. The van der Waals surface area contributed by atoms with Crippen LogP contribution < -0.4 is 29.6 Å². The summed E-state index contributed by atoms with van der Waals surface area (Å²) in [5.41, 5.74) is 0. The summed E-state index contributed by atoms with van der Waals surface area (Å²) in [7, 11) is -5.37. The normalized spacial score (nSPS) is 21.7. The van der Waals surface area contributed by atoms with Crippen LogP contribution in [0.3, 0.4) is 0 Å². The fraction of sp³-hybridized carbons (Fsp3) is 1.00. The molecule has 0 fully saturated rings. The molecule has 0 amide bonds.